The molecule has 6 aromatic carbocycles. The van der Waals surface area contributed by atoms with Crippen molar-refractivity contribution in [1.82, 2.24) is 16.0 Å². The van der Waals surface area contributed by atoms with Gasteiger partial charge in [-0.1, -0.05) is 245 Å². The zero-order valence-electron chi connectivity index (χ0n) is 61.3. The van der Waals surface area contributed by atoms with Crippen LogP contribution >= 0.6 is 47.8 Å². The van der Waals surface area contributed by atoms with E-state index >= 15 is 0 Å². The minimum Gasteiger partial charge on any atom is -0.496 e. The highest BCUT2D eigenvalue weighted by atomic mass is 79.9. The van der Waals surface area contributed by atoms with Crippen molar-refractivity contribution in [2.45, 2.75) is 196 Å². The molecule has 0 saturated heterocycles. The smallest absolute Gasteiger partial charge is 0.230 e. The Hall–Kier alpha value is -6.03. The number of carbonyl (C=O) groups excluding carboxylic acids is 3. The summed E-state index contributed by atoms with van der Waals surface area (Å²) in [4.78, 5) is 38.3. The highest BCUT2D eigenvalue weighted by molar-refractivity contribution is 9.09. The number of rotatable bonds is 18. The fourth-order valence-corrected chi connectivity index (χ4v) is 13.0. The van der Waals surface area contributed by atoms with E-state index in [9.17, 15) is 14.4 Å². The summed E-state index contributed by atoms with van der Waals surface area (Å²) in [7, 11) is 5.32. The van der Waals surface area contributed by atoms with E-state index in [2.05, 4.69) is 261 Å². The van der Waals surface area contributed by atoms with Crippen molar-refractivity contribution in [1.29, 1.82) is 0 Å². The lowest BCUT2D eigenvalue weighted by molar-refractivity contribution is -0.119. The molecule has 0 aliphatic heterocycles. The second-order valence-corrected chi connectivity index (χ2v) is 33.6. The third-order valence-corrected chi connectivity index (χ3v) is 19.5. The van der Waals surface area contributed by atoms with Crippen LogP contribution in [0.5, 0.6) is 34.5 Å². The first-order valence-electron chi connectivity index (χ1n) is 33.8. The Balaban J connectivity index is 1.69. The van der Waals surface area contributed by atoms with Crippen LogP contribution in [0.25, 0.3) is 0 Å². The molecule has 3 amide bonds. The van der Waals surface area contributed by atoms with Gasteiger partial charge in [0.15, 0.2) is 0 Å². The van der Waals surface area contributed by atoms with Crippen LogP contribution in [0.1, 0.15) is 225 Å². The fourth-order valence-electron chi connectivity index (χ4n) is 12.4. The van der Waals surface area contributed by atoms with Gasteiger partial charge in [-0.25, -0.2) is 0 Å². The quantitative estimate of drug-likeness (QED) is 0.0565. The van der Waals surface area contributed by atoms with E-state index < -0.39 is 0 Å². The average Bonchev–Trinajstić information content (AvgIpc) is 0.775. The van der Waals surface area contributed by atoms with Gasteiger partial charge in [-0.15, -0.1) is 0 Å². The molecule has 0 saturated carbocycles. The van der Waals surface area contributed by atoms with Crippen LogP contribution in [-0.2, 0) is 85.4 Å². The molecule has 0 spiro atoms. The minimum absolute atomic E-state index is 0.125. The largest absolute Gasteiger partial charge is 0.496 e. The van der Waals surface area contributed by atoms with Gasteiger partial charge in [-0.2, -0.15) is 0 Å². The summed E-state index contributed by atoms with van der Waals surface area (Å²) in [6.45, 7) is 42.1. The number of ether oxygens (including phenoxy) is 6. The Bertz CT molecular complexity index is 3240. The maximum Gasteiger partial charge on any atom is 0.230 e. The van der Waals surface area contributed by atoms with Gasteiger partial charge < -0.3 is 44.4 Å². The topological polar surface area (TPSA) is 143 Å². The van der Waals surface area contributed by atoms with Gasteiger partial charge in [0, 0.05) is 38.5 Å². The SMILES string of the molecule is COc1c2cc(C(C)(C)C)cc1Cc1cc(C(C)(C)C)cc(c1OCCNC(=O)CBr)Cc1cc(C(C)(C)C)cc(c1OC)Cc1cc(C(C)(C)C)cc(c1OCCNC(=O)CBr)Cc1cc(C(C)(C)C)cc(c1OC)Cc1cc(C(C)(C)C)cc(c1OCCNC(=O)CBr)C2. The van der Waals surface area contributed by atoms with Gasteiger partial charge in [0.1, 0.15) is 54.3 Å². The van der Waals surface area contributed by atoms with E-state index in [-0.39, 0.29) is 86.0 Å². The van der Waals surface area contributed by atoms with Crippen molar-refractivity contribution >= 4 is 65.5 Å². The molecule has 1 aliphatic rings. The Morgan fingerprint density at radius 3 is 0.562 bits per heavy atom. The van der Waals surface area contributed by atoms with E-state index in [0.29, 0.717) is 58.2 Å². The van der Waals surface area contributed by atoms with Crippen LogP contribution in [-0.4, -0.2) is 94.5 Å². The van der Waals surface area contributed by atoms with E-state index in [1.54, 1.807) is 21.3 Å². The molecular formula is C81H108Br3N3O9. The van der Waals surface area contributed by atoms with Crippen LogP contribution in [0.2, 0.25) is 0 Å². The summed E-state index contributed by atoms with van der Waals surface area (Å²) >= 11 is 10.0. The van der Waals surface area contributed by atoms with Gasteiger partial charge >= 0.3 is 0 Å². The first-order chi connectivity index (χ1) is 44.8. The summed E-state index contributed by atoms with van der Waals surface area (Å²) in [5.41, 5.74) is 17.1. The molecule has 0 radical (unpaired) electrons. The molecule has 6 aromatic rings. The monoisotopic (exact) mass is 1500 g/mol. The number of carbonyl (C=O) groups is 3. The lowest BCUT2D eigenvalue weighted by atomic mass is 9.79. The number of hydrogen-bond donors (Lipinski definition) is 3. The van der Waals surface area contributed by atoms with E-state index in [1.807, 2.05) is 0 Å². The van der Waals surface area contributed by atoms with E-state index in [1.165, 1.54) is 0 Å². The number of benzene rings is 6. The first-order valence-corrected chi connectivity index (χ1v) is 37.1. The predicted molar refractivity (Wildman–Crippen MR) is 404 cm³/mol. The molecule has 1 aliphatic carbocycles. The molecule has 3 N–H and O–H groups in total. The third-order valence-electron chi connectivity index (χ3n) is 17.9. The molecule has 0 fully saturated rings. The van der Waals surface area contributed by atoms with Crippen molar-refractivity contribution in [3.8, 4) is 34.5 Å². The maximum absolute atomic E-state index is 12.8. The predicted octanol–water partition coefficient (Wildman–Crippen LogP) is 17.0. The van der Waals surface area contributed by atoms with Crippen molar-refractivity contribution in [2.24, 2.45) is 0 Å². The highest BCUT2D eigenvalue weighted by Gasteiger charge is 2.32. The van der Waals surface area contributed by atoms with Crippen molar-refractivity contribution in [3.05, 3.63) is 173 Å². The molecule has 0 unspecified atom stereocenters. The second-order valence-electron chi connectivity index (χ2n) is 31.9. The highest BCUT2D eigenvalue weighted by Crippen LogP contribution is 2.46. The normalized spacial score (nSPS) is 13.2. The molecule has 0 atom stereocenters. The van der Waals surface area contributed by atoms with Gasteiger partial charge in [0.2, 0.25) is 17.7 Å². The van der Waals surface area contributed by atoms with Crippen molar-refractivity contribution < 1.29 is 42.8 Å². The molecule has 15 heteroatoms. The summed E-state index contributed by atoms with van der Waals surface area (Å²) in [6.07, 6.45) is 2.72. The number of hydrogen-bond acceptors (Lipinski definition) is 9. The summed E-state index contributed by atoms with van der Waals surface area (Å²) in [5, 5.41) is 9.62. The van der Waals surface area contributed by atoms with Gasteiger partial charge in [-0.05, 0) is 133 Å². The molecule has 0 heterocycles. The van der Waals surface area contributed by atoms with Crippen LogP contribution in [0.4, 0.5) is 0 Å². The number of alkyl halides is 3. The number of halogens is 3. The van der Waals surface area contributed by atoms with Gasteiger partial charge in [0.25, 0.3) is 0 Å². The van der Waals surface area contributed by atoms with Crippen LogP contribution in [0, 0.1) is 0 Å². The number of amides is 3. The summed E-state index contributed by atoms with van der Waals surface area (Å²) in [5.74, 6) is 4.16. The molecule has 12 nitrogen and oxygen atoms in total. The molecule has 12 bridgehead atoms. The summed E-state index contributed by atoms with van der Waals surface area (Å²) < 4.78 is 41.7. The zero-order valence-corrected chi connectivity index (χ0v) is 66.1. The Labute approximate surface area is 600 Å². The van der Waals surface area contributed by atoms with Gasteiger partial charge in [0.05, 0.1) is 57.0 Å². The minimum atomic E-state index is -0.287. The number of methoxy groups -OCH3 is 3. The average molecular weight is 1510 g/mol. The molecule has 7 rings (SSSR count). The zero-order chi connectivity index (χ0) is 71.0. The standard InChI is InChI=1S/C81H108Br3N3O9/c1-76(2,3)61-34-49-28-55-40-64(79(10,11)12)42-57(73(55)94-25-22-85-67(88)46-82)30-51-36-62(77(4,5)6)38-53(71(51)92-20)32-59-44-66(81(16,17)18)45-60(75(59)96-27-24-87-69(90)48-84)33-54-39-63(78(7,8)9)37-52(72(54)93-21)31-58-43-65(80(13,14)15)41-56(29-50(35-61)70(49)91-19)74(58)95-26-23-86-68(89)47-83/h34-45H,22-33,46-48H2,1-21H3,(H,85,88)(H,86,89)(H,87,90). The molecular weight excluding hydrogens is 1400 g/mol. The van der Waals surface area contributed by atoms with E-state index in [0.717, 1.165) is 135 Å². The first kappa shape index (κ1) is 77.3. The van der Waals surface area contributed by atoms with Gasteiger partial charge in [-0.3, -0.25) is 14.4 Å². The third kappa shape index (κ3) is 19.9. The second kappa shape index (κ2) is 31.9. The van der Waals surface area contributed by atoms with Crippen LogP contribution < -0.4 is 44.4 Å². The lowest BCUT2D eigenvalue weighted by Crippen LogP contribution is -2.29. The number of nitrogens with one attached hydrogen (secondary N) is 3. The van der Waals surface area contributed by atoms with Crippen LogP contribution in [0.3, 0.4) is 0 Å². The van der Waals surface area contributed by atoms with Crippen LogP contribution in [0.15, 0.2) is 72.8 Å². The van der Waals surface area contributed by atoms with Crippen molar-refractivity contribution in [3.63, 3.8) is 0 Å². The Morgan fingerprint density at radius 2 is 0.438 bits per heavy atom. The fraction of sp³-hybridized carbons (Fsp3) is 0.519. The Morgan fingerprint density at radius 1 is 0.292 bits per heavy atom. The molecule has 522 valence electrons. The maximum atomic E-state index is 12.8. The van der Waals surface area contributed by atoms with Crippen molar-refractivity contribution in [2.75, 3.05) is 76.8 Å². The lowest BCUT2D eigenvalue weighted by Gasteiger charge is -2.29. The summed E-state index contributed by atoms with van der Waals surface area (Å²) in [6, 6.07) is 27.7. The Kier molecular flexibility index (Phi) is 25.7. The van der Waals surface area contributed by atoms with E-state index in [4.69, 9.17) is 28.4 Å². The molecule has 0 aromatic heterocycles. The molecule has 96 heavy (non-hydrogen) atoms. The number of fused-ring (bicyclic) bond motifs is 12.